The van der Waals surface area contributed by atoms with E-state index >= 15 is 0 Å². The first-order chi connectivity index (χ1) is 7.68. The Bertz CT molecular complexity index is 374. The predicted octanol–water partition coefficient (Wildman–Crippen LogP) is 0.365. The van der Waals surface area contributed by atoms with Crippen LogP contribution < -0.4 is 4.73 Å². The Kier molecular flexibility index (Phi) is 3.33. The van der Waals surface area contributed by atoms with E-state index in [4.69, 9.17) is 0 Å². The van der Waals surface area contributed by atoms with Crippen molar-refractivity contribution < 1.29 is 4.73 Å². The molecule has 1 aliphatic heterocycles. The molecule has 1 aromatic heterocycles. The van der Waals surface area contributed by atoms with Crippen LogP contribution in [0.5, 0.6) is 0 Å². The van der Waals surface area contributed by atoms with Gasteiger partial charge in [0.15, 0.2) is 0 Å². The van der Waals surface area contributed by atoms with Gasteiger partial charge in [0.2, 0.25) is 0 Å². The van der Waals surface area contributed by atoms with Crippen LogP contribution in [0.15, 0.2) is 0 Å². The molecular weight excluding hydrogens is 204 g/mol. The van der Waals surface area contributed by atoms with E-state index in [1.807, 2.05) is 6.92 Å². The maximum atomic E-state index is 11.8. The number of aromatic nitrogens is 3. The highest BCUT2D eigenvalue weighted by Crippen LogP contribution is 2.08. The van der Waals surface area contributed by atoms with Crippen LogP contribution in [-0.4, -0.2) is 34.7 Å². The first-order valence-corrected chi connectivity index (χ1v) is 5.83. The molecule has 2 heterocycles. The summed E-state index contributed by atoms with van der Waals surface area (Å²) in [6.07, 6.45) is 3.33. The Morgan fingerprint density at radius 1 is 1.25 bits per heavy atom. The van der Waals surface area contributed by atoms with Gasteiger partial charge < -0.3 is 10.1 Å². The zero-order valence-electron chi connectivity index (χ0n) is 9.94. The summed E-state index contributed by atoms with van der Waals surface area (Å²) in [5.74, 6) is 0.432. The van der Waals surface area contributed by atoms with Crippen LogP contribution in [0.25, 0.3) is 0 Å². The smallest absolute Gasteiger partial charge is 0.326 e. The van der Waals surface area contributed by atoms with Crippen molar-refractivity contribution in [1.82, 2.24) is 15.1 Å². The Morgan fingerprint density at radius 3 is 2.62 bits per heavy atom. The van der Waals surface area contributed by atoms with E-state index in [2.05, 4.69) is 15.1 Å². The zero-order chi connectivity index (χ0) is 11.5. The molecule has 16 heavy (non-hydrogen) atoms. The van der Waals surface area contributed by atoms with Crippen molar-refractivity contribution in [3.8, 4) is 0 Å². The second-order valence-electron chi connectivity index (χ2n) is 4.37. The molecule has 88 valence electrons. The van der Waals surface area contributed by atoms with Gasteiger partial charge in [-0.2, -0.15) is 0 Å². The molecule has 1 aromatic rings. The highest BCUT2D eigenvalue weighted by Gasteiger charge is 2.16. The molecular formula is C11H18N4O. The van der Waals surface area contributed by atoms with Crippen LogP contribution in [0.1, 0.15) is 30.1 Å². The summed E-state index contributed by atoms with van der Waals surface area (Å²) >= 11 is 0. The standard InChI is InChI=1S/C11H18N4O/c1-9-11(15(16)10(2)13-12-9)5-8-14-6-3-4-7-14/h3-8H2,1-2H3. The summed E-state index contributed by atoms with van der Waals surface area (Å²) < 4.78 is 0.915. The Hall–Kier alpha value is -1.23. The van der Waals surface area contributed by atoms with Crippen LogP contribution in [-0.2, 0) is 6.42 Å². The molecule has 5 nitrogen and oxygen atoms in total. The van der Waals surface area contributed by atoms with Crippen molar-refractivity contribution in [2.24, 2.45) is 0 Å². The molecule has 1 saturated heterocycles. The Morgan fingerprint density at radius 2 is 1.94 bits per heavy atom. The maximum absolute atomic E-state index is 11.8. The second kappa shape index (κ2) is 4.74. The molecule has 0 atom stereocenters. The van der Waals surface area contributed by atoms with Crippen molar-refractivity contribution in [2.45, 2.75) is 33.1 Å². The first-order valence-electron chi connectivity index (χ1n) is 5.83. The third kappa shape index (κ3) is 2.29. The molecule has 5 heteroatoms. The summed E-state index contributed by atoms with van der Waals surface area (Å²) in [5, 5.41) is 19.6. The summed E-state index contributed by atoms with van der Waals surface area (Å²) in [6, 6.07) is 0. The fourth-order valence-electron chi connectivity index (χ4n) is 2.14. The highest BCUT2D eigenvalue weighted by atomic mass is 16.5. The summed E-state index contributed by atoms with van der Waals surface area (Å²) in [6.45, 7) is 6.82. The van der Waals surface area contributed by atoms with E-state index in [1.54, 1.807) is 6.92 Å². The van der Waals surface area contributed by atoms with Crippen LogP contribution in [0.4, 0.5) is 0 Å². The molecule has 0 amide bonds. The average Bonchev–Trinajstić information content (AvgIpc) is 2.77. The van der Waals surface area contributed by atoms with Crippen LogP contribution in [0.2, 0.25) is 0 Å². The van der Waals surface area contributed by atoms with E-state index < -0.39 is 0 Å². The first kappa shape index (κ1) is 11.3. The minimum Gasteiger partial charge on any atom is -0.710 e. The van der Waals surface area contributed by atoms with Gasteiger partial charge in [0, 0.05) is 19.9 Å². The van der Waals surface area contributed by atoms with Crippen LogP contribution in [0, 0.1) is 19.1 Å². The molecule has 0 spiro atoms. The van der Waals surface area contributed by atoms with Crippen molar-refractivity contribution in [3.63, 3.8) is 0 Å². The Labute approximate surface area is 95.7 Å². The largest absolute Gasteiger partial charge is 0.710 e. The van der Waals surface area contributed by atoms with Crippen molar-refractivity contribution in [3.05, 3.63) is 22.4 Å². The molecule has 0 N–H and O–H groups in total. The van der Waals surface area contributed by atoms with Crippen molar-refractivity contribution in [1.29, 1.82) is 0 Å². The van der Waals surface area contributed by atoms with Crippen LogP contribution >= 0.6 is 0 Å². The summed E-state index contributed by atoms with van der Waals surface area (Å²) in [4.78, 5) is 2.40. The van der Waals surface area contributed by atoms with Gasteiger partial charge in [-0.1, -0.05) is 0 Å². The third-order valence-electron chi connectivity index (χ3n) is 3.16. The van der Waals surface area contributed by atoms with Crippen LogP contribution in [0.3, 0.4) is 0 Å². The monoisotopic (exact) mass is 222 g/mol. The molecule has 1 aliphatic rings. The lowest BCUT2D eigenvalue weighted by atomic mass is 10.2. The molecule has 0 bridgehead atoms. The van der Waals surface area contributed by atoms with Crippen molar-refractivity contribution in [2.75, 3.05) is 19.6 Å². The highest BCUT2D eigenvalue weighted by molar-refractivity contribution is 5.02. The summed E-state index contributed by atoms with van der Waals surface area (Å²) in [5.41, 5.74) is 1.51. The van der Waals surface area contributed by atoms with E-state index in [-0.39, 0.29) is 0 Å². The number of likely N-dealkylation sites (tertiary alicyclic amines) is 1. The molecule has 0 unspecified atom stereocenters. The average molecular weight is 222 g/mol. The SMILES string of the molecule is Cc1nnc(C)[n+]([O-])c1CCN1CCCC1. The van der Waals surface area contributed by atoms with Gasteiger partial charge in [-0.05, 0) is 38.0 Å². The third-order valence-corrected chi connectivity index (χ3v) is 3.16. The molecule has 0 aliphatic carbocycles. The number of hydrogen-bond donors (Lipinski definition) is 0. The van der Waals surface area contributed by atoms with Gasteiger partial charge in [-0.3, -0.25) is 0 Å². The van der Waals surface area contributed by atoms with E-state index in [9.17, 15) is 5.21 Å². The number of hydrogen-bond acceptors (Lipinski definition) is 4. The minimum absolute atomic E-state index is 0.432. The fraction of sp³-hybridized carbons (Fsp3) is 0.727. The van der Waals surface area contributed by atoms with Gasteiger partial charge >= 0.3 is 5.82 Å². The minimum atomic E-state index is 0.432. The van der Waals surface area contributed by atoms with Gasteiger partial charge in [0.1, 0.15) is 11.4 Å². The predicted molar refractivity (Wildman–Crippen MR) is 59.8 cm³/mol. The van der Waals surface area contributed by atoms with E-state index in [1.165, 1.54) is 12.8 Å². The quantitative estimate of drug-likeness (QED) is 0.547. The number of rotatable bonds is 3. The van der Waals surface area contributed by atoms with E-state index in [0.717, 1.165) is 42.2 Å². The molecule has 0 radical (unpaired) electrons. The van der Waals surface area contributed by atoms with Gasteiger partial charge in [-0.25, -0.2) is 4.73 Å². The summed E-state index contributed by atoms with van der Waals surface area (Å²) in [7, 11) is 0. The zero-order valence-corrected chi connectivity index (χ0v) is 9.94. The van der Waals surface area contributed by atoms with E-state index in [0.29, 0.717) is 5.82 Å². The lowest BCUT2D eigenvalue weighted by molar-refractivity contribution is -0.625. The molecule has 0 saturated carbocycles. The number of aryl methyl sites for hydroxylation is 2. The van der Waals surface area contributed by atoms with Gasteiger partial charge in [0.05, 0.1) is 5.10 Å². The fourth-order valence-corrected chi connectivity index (χ4v) is 2.14. The maximum Gasteiger partial charge on any atom is 0.326 e. The van der Waals surface area contributed by atoms with Gasteiger partial charge in [0.25, 0.3) is 0 Å². The second-order valence-corrected chi connectivity index (χ2v) is 4.37. The topological polar surface area (TPSA) is 56.0 Å². The lowest BCUT2D eigenvalue weighted by Crippen LogP contribution is -2.40. The molecule has 1 fully saturated rings. The normalized spacial score (nSPS) is 16.9. The Balaban J connectivity index is 2.05. The molecule has 0 aromatic carbocycles. The van der Waals surface area contributed by atoms with Gasteiger partial charge in [-0.15, -0.1) is 0 Å². The lowest BCUT2D eigenvalue weighted by Gasteiger charge is -2.16. The molecule has 2 rings (SSSR count). The number of nitrogens with zero attached hydrogens (tertiary/aromatic N) is 4. The van der Waals surface area contributed by atoms with Crippen molar-refractivity contribution >= 4 is 0 Å².